The van der Waals surface area contributed by atoms with Crippen molar-refractivity contribution < 1.29 is 0 Å². The van der Waals surface area contributed by atoms with Gasteiger partial charge in [0.2, 0.25) is 0 Å². The molecular weight excluding hydrogens is 727 g/mol. The highest BCUT2D eigenvalue weighted by Crippen LogP contribution is 2.41. The van der Waals surface area contributed by atoms with Crippen molar-refractivity contribution in [2.75, 3.05) is 14.7 Å². The molecule has 0 aliphatic rings. The molecule has 3 nitrogen and oxygen atoms in total. The van der Waals surface area contributed by atoms with E-state index in [1.807, 2.05) is 0 Å². The van der Waals surface area contributed by atoms with E-state index in [-0.39, 0.29) is 0 Å². The average Bonchev–Trinajstić information content (AvgIpc) is 3.28. The van der Waals surface area contributed by atoms with Gasteiger partial charge < -0.3 is 14.7 Å². The van der Waals surface area contributed by atoms with Gasteiger partial charge in [-0.3, -0.25) is 0 Å². The van der Waals surface area contributed by atoms with Gasteiger partial charge in [0, 0.05) is 51.2 Å². The molecule has 0 atom stereocenters. The third kappa shape index (κ3) is 9.17. The van der Waals surface area contributed by atoms with Crippen LogP contribution in [0, 0.1) is 27.7 Å². The maximum atomic E-state index is 2.33. The van der Waals surface area contributed by atoms with Crippen LogP contribution in [-0.4, -0.2) is 0 Å². The van der Waals surface area contributed by atoms with E-state index in [9.17, 15) is 0 Å². The van der Waals surface area contributed by atoms with E-state index in [0.29, 0.717) is 0 Å². The summed E-state index contributed by atoms with van der Waals surface area (Å²) in [7, 11) is 0. The molecule has 8 rings (SSSR count). The molecule has 0 spiro atoms. The molecule has 0 saturated carbocycles. The summed E-state index contributed by atoms with van der Waals surface area (Å²) in [5, 5.41) is 0. The van der Waals surface area contributed by atoms with Crippen molar-refractivity contribution >= 4 is 69.4 Å². The highest BCUT2D eigenvalue weighted by atomic mass is 15.2. The van der Waals surface area contributed by atoms with Gasteiger partial charge >= 0.3 is 0 Å². The number of hydrogen-bond donors (Lipinski definition) is 0. The first-order valence-corrected chi connectivity index (χ1v) is 20.7. The van der Waals surface area contributed by atoms with Gasteiger partial charge in [0.1, 0.15) is 0 Å². The summed E-state index contributed by atoms with van der Waals surface area (Å²) in [5.41, 5.74) is 18.3. The van der Waals surface area contributed by atoms with Crippen molar-refractivity contribution in [1.82, 2.24) is 0 Å². The quantitative estimate of drug-likeness (QED) is 0.114. The number of benzene rings is 8. The number of allylic oxidation sites excluding steroid dienone is 1. The van der Waals surface area contributed by atoms with Crippen LogP contribution in [0.3, 0.4) is 0 Å². The van der Waals surface area contributed by atoms with Crippen molar-refractivity contribution in [2.24, 2.45) is 0 Å². The van der Waals surface area contributed by atoms with Gasteiger partial charge in [-0.15, -0.1) is 0 Å². The summed E-state index contributed by atoms with van der Waals surface area (Å²) in [4.78, 5) is 6.98. The molecule has 294 valence electrons. The number of anilines is 9. The molecule has 0 aromatic heterocycles. The predicted octanol–water partition coefficient (Wildman–Crippen LogP) is 16.5. The Kier molecular flexibility index (Phi) is 11.9. The molecule has 3 heteroatoms. The van der Waals surface area contributed by atoms with E-state index in [2.05, 4.69) is 268 Å². The van der Waals surface area contributed by atoms with Gasteiger partial charge in [-0.1, -0.05) is 131 Å². The summed E-state index contributed by atoms with van der Waals surface area (Å²) in [6.45, 7) is 10.6. The molecule has 0 radical (unpaired) electrons. The molecule has 8 aromatic carbocycles. The van der Waals surface area contributed by atoms with Crippen molar-refractivity contribution in [2.45, 2.75) is 34.6 Å². The number of nitrogens with zero attached hydrogens (tertiary/aromatic N) is 3. The van der Waals surface area contributed by atoms with Crippen molar-refractivity contribution in [1.29, 1.82) is 0 Å². The fourth-order valence-electron chi connectivity index (χ4n) is 7.46. The van der Waals surface area contributed by atoms with Crippen LogP contribution in [-0.2, 0) is 0 Å². The molecule has 0 fully saturated rings. The van der Waals surface area contributed by atoms with E-state index >= 15 is 0 Å². The third-order valence-electron chi connectivity index (χ3n) is 10.8. The van der Waals surface area contributed by atoms with Crippen LogP contribution in [0.5, 0.6) is 0 Å². The molecule has 0 saturated heterocycles. The predicted molar refractivity (Wildman–Crippen MR) is 260 cm³/mol. The Balaban J connectivity index is 1.13. The molecule has 0 heterocycles. The summed E-state index contributed by atoms with van der Waals surface area (Å²) in [6.07, 6.45) is 8.55. The molecule has 8 aromatic rings. The first-order valence-electron chi connectivity index (χ1n) is 20.7. The van der Waals surface area contributed by atoms with Gasteiger partial charge in [0.15, 0.2) is 0 Å². The van der Waals surface area contributed by atoms with E-state index in [1.165, 1.54) is 33.4 Å². The minimum atomic E-state index is 1.07. The second-order valence-electron chi connectivity index (χ2n) is 15.5. The summed E-state index contributed by atoms with van der Waals surface area (Å²) in [5.74, 6) is 0. The van der Waals surface area contributed by atoms with E-state index in [0.717, 1.165) is 56.7 Å². The fraction of sp³-hybridized carbons (Fsp3) is 0.0877. The second-order valence-corrected chi connectivity index (χ2v) is 15.5. The van der Waals surface area contributed by atoms with Gasteiger partial charge in [-0.2, -0.15) is 0 Å². The molecule has 0 amide bonds. The molecule has 60 heavy (non-hydrogen) atoms. The highest BCUT2D eigenvalue weighted by Gasteiger charge is 2.18. The Hall–Kier alpha value is -7.36. The molecule has 0 bridgehead atoms. The first kappa shape index (κ1) is 39.5. The zero-order valence-corrected chi connectivity index (χ0v) is 35.1. The largest absolute Gasteiger partial charge is 0.311 e. The molecule has 0 unspecified atom stereocenters. The SMILES string of the molecule is CC=Cc1ccc(N(c2ccc(C)cc2)c2ccc(N(c3ccc(C)cc3)c3ccc(N(c4ccc(C)cc4)c4ccc(C=Cc5ccc(C)cc5)cc4)cc3)cc2)cc1. The van der Waals surface area contributed by atoms with E-state index in [1.54, 1.807) is 0 Å². The minimum absolute atomic E-state index is 1.07. The second kappa shape index (κ2) is 18.1. The van der Waals surface area contributed by atoms with Crippen LogP contribution < -0.4 is 14.7 Å². The summed E-state index contributed by atoms with van der Waals surface area (Å²) < 4.78 is 0. The third-order valence-corrected chi connectivity index (χ3v) is 10.8. The van der Waals surface area contributed by atoms with E-state index in [4.69, 9.17) is 0 Å². The van der Waals surface area contributed by atoms with Gasteiger partial charge in [0.25, 0.3) is 0 Å². The zero-order valence-electron chi connectivity index (χ0n) is 35.1. The topological polar surface area (TPSA) is 9.72 Å². The lowest BCUT2D eigenvalue weighted by Gasteiger charge is -2.29. The van der Waals surface area contributed by atoms with Crippen LogP contribution in [0.15, 0.2) is 200 Å². The van der Waals surface area contributed by atoms with Crippen LogP contribution in [0.4, 0.5) is 51.2 Å². The van der Waals surface area contributed by atoms with Crippen molar-refractivity contribution in [3.05, 3.63) is 239 Å². The highest BCUT2D eigenvalue weighted by molar-refractivity contribution is 5.84. The lowest BCUT2D eigenvalue weighted by molar-refractivity contribution is 1.24. The molecule has 0 N–H and O–H groups in total. The van der Waals surface area contributed by atoms with Gasteiger partial charge in [-0.25, -0.2) is 0 Å². The first-order chi connectivity index (χ1) is 29.3. The average molecular weight is 778 g/mol. The Labute approximate surface area is 356 Å². The normalized spacial score (nSPS) is 11.3. The zero-order chi connectivity index (χ0) is 41.4. The maximum Gasteiger partial charge on any atom is 0.0463 e. The lowest BCUT2D eigenvalue weighted by Crippen LogP contribution is -2.13. The number of hydrogen-bond acceptors (Lipinski definition) is 3. The standard InChI is InChI=1S/C57H51N3/c1-6-7-46-20-30-52(31-21-46)58(49-24-10-43(3)11-25-49)54-34-38-56(39-35-54)60(51-28-14-45(5)15-29-51)57-40-36-55(37-41-57)59(50-26-12-44(4)13-27-50)53-32-22-48(23-33-53)19-18-47-16-8-42(2)9-17-47/h6-41H,1-5H3. The maximum absolute atomic E-state index is 2.33. The fourth-order valence-corrected chi connectivity index (χ4v) is 7.46. The van der Waals surface area contributed by atoms with Crippen LogP contribution in [0.2, 0.25) is 0 Å². The lowest BCUT2D eigenvalue weighted by atomic mass is 10.1. The summed E-state index contributed by atoms with van der Waals surface area (Å²) >= 11 is 0. The van der Waals surface area contributed by atoms with Crippen molar-refractivity contribution in [3.63, 3.8) is 0 Å². The van der Waals surface area contributed by atoms with Crippen LogP contribution in [0.1, 0.15) is 45.9 Å². The molecule has 0 aliphatic heterocycles. The Morgan fingerprint density at radius 2 is 0.400 bits per heavy atom. The molecule has 0 aliphatic carbocycles. The Bertz CT molecular complexity index is 2670. The van der Waals surface area contributed by atoms with Crippen LogP contribution >= 0.6 is 0 Å². The van der Waals surface area contributed by atoms with Crippen molar-refractivity contribution in [3.8, 4) is 0 Å². The number of rotatable bonds is 12. The van der Waals surface area contributed by atoms with E-state index < -0.39 is 0 Å². The Morgan fingerprint density at radius 3 is 0.633 bits per heavy atom. The summed E-state index contributed by atoms with van der Waals surface area (Å²) in [6, 6.07) is 70.2. The van der Waals surface area contributed by atoms with Gasteiger partial charge in [-0.05, 0) is 161 Å². The van der Waals surface area contributed by atoms with Gasteiger partial charge in [0.05, 0.1) is 0 Å². The smallest absolute Gasteiger partial charge is 0.0463 e. The Morgan fingerprint density at radius 1 is 0.233 bits per heavy atom. The number of aryl methyl sites for hydroxylation is 4. The monoisotopic (exact) mass is 777 g/mol. The minimum Gasteiger partial charge on any atom is -0.311 e. The molecular formula is C57H51N3. The van der Waals surface area contributed by atoms with Crippen LogP contribution in [0.25, 0.3) is 18.2 Å².